The molecule has 0 saturated heterocycles. The van der Waals surface area contributed by atoms with Gasteiger partial charge in [-0.25, -0.2) is 0 Å². The standard InChI is InChI=1S/C19H23N/c20-19(14-9-15-5-2-1-3-6-15)18-12-10-17(11-13-18)16-7-4-8-16/h1-3,5-6,10-13,16,19H,4,7-9,14,20H2. The molecule has 104 valence electrons. The van der Waals surface area contributed by atoms with Crippen LogP contribution in [0.15, 0.2) is 54.6 Å². The molecule has 1 saturated carbocycles. The van der Waals surface area contributed by atoms with Gasteiger partial charge in [-0.1, -0.05) is 61.0 Å². The number of hydrogen-bond donors (Lipinski definition) is 1. The van der Waals surface area contributed by atoms with E-state index in [4.69, 9.17) is 5.73 Å². The predicted octanol–water partition coefficient (Wildman–Crippen LogP) is 4.59. The van der Waals surface area contributed by atoms with Gasteiger partial charge in [0, 0.05) is 6.04 Å². The fraction of sp³-hybridized carbons (Fsp3) is 0.368. The van der Waals surface area contributed by atoms with Gasteiger partial charge in [0.2, 0.25) is 0 Å². The van der Waals surface area contributed by atoms with Gasteiger partial charge in [0.05, 0.1) is 0 Å². The summed E-state index contributed by atoms with van der Waals surface area (Å²) >= 11 is 0. The van der Waals surface area contributed by atoms with Crippen LogP contribution >= 0.6 is 0 Å². The van der Waals surface area contributed by atoms with E-state index in [9.17, 15) is 0 Å². The van der Waals surface area contributed by atoms with Gasteiger partial charge >= 0.3 is 0 Å². The molecule has 20 heavy (non-hydrogen) atoms. The van der Waals surface area contributed by atoms with Gasteiger partial charge in [-0.2, -0.15) is 0 Å². The van der Waals surface area contributed by atoms with Crippen LogP contribution in [0.1, 0.15) is 54.3 Å². The Hall–Kier alpha value is -1.60. The van der Waals surface area contributed by atoms with Crippen molar-refractivity contribution in [3.05, 3.63) is 71.3 Å². The van der Waals surface area contributed by atoms with Gasteiger partial charge in [-0.3, -0.25) is 0 Å². The Morgan fingerprint density at radius 2 is 1.65 bits per heavy atom. The topological polar surface area (TPSA) is 26.0 Å². The molecule has 0 aromatic heterocycles. The molecular weight excluding hydrogens is 242 g/mol. The van der Waals surface area contributed by atoms with Gasteiger partial charge in [-0.05, 0) is 48.3 Å². The summed E-state index contributed by atoms with van der Waals surface area (Å²) in [5.41, 5.74) is 10.4. The summed E-state index contributed by atoms with van der Waals surface area (Å²) in [5, 5.41) is 0. The Labute approximate surface area is 121 Å². The Morgan fingerprint density at radius 3 is 2.25 bits per heavy atom. The van der Waals surface area contributed by atoms with Crippen LogP contribution in [0.5, 0.6) is 0 Å². The van der Waals surface area contributed by atoms with Crippen molar-refractivity contribution in [2.75, 3.05) is 0 Å². The second-order valence-electron chi connectivity index (χ2n) is 5.93. The molecule has 2 aromatic carbocycles. The Bertz CT molecular complexity index is 525. The van der Waals surface area contributed by atoms with Crippen LogP contribution < -0.4 is 5.73 Å². The van der Waals surface area contributed by atoms with E-state index in [-0.39, 0.29) is 6.04 Å². The van der Waals surface area contributed by atoms with Crippen LogP contribution in [0.25, 0.3) is 0 Å². The van der Waals surface area contributed by atoms with Gasteiger partial charge < -0.3 is 5.73 Å². The third-order valence-electron chi connectivity index (χ3n) is 4.53. The maximum atomic E-state index is 6.32. The van der Waals surface area contributed by atoms with E-state index in [0.717, 1.165) is 18.8 Å². The monoisotopic (exact) mass is 265 g/mol. The number of aryl methyl sites for hydroxylation is 1. The van der Waals surface area contributed by atoms with Crippen molar-refractivity contribution in [3.8, 4) is 0 Å². The first-order valence-electron chi connectivity index (χ1n) is 7.72. The van der Waals surface area contributed by atoms with E-state index in [2.05, 4.69) is 54.6 Å². The molecule has 0 aliphatic heterocycles. The SMILES string of the molecule is NC(CCc1ccccc1)c1ccc(C2CCC2)cc1. The van der Waals surface area contributed by atoms with Crippen LogP contribution in [0.4, 0.5) is 0 Å². The molecule has 1 unspecified atom stereocenters. The van der Waals surface area contributed by atoms with Crippen LogP contribution in [0.2, 0.25) is 0 Å². The first kappa shape index (κ1) is 13.4. The molecule has 1 aliphatic carbocycles. The van der Waals surface area contributed by atoms with E-state index >= 15 is 0 Å². The van der Waals surface area contributed by atoms with Gasteiger partial charge in [-0.15, -0.1) is 0 Å². The van der Waals surface area contributed by atoms with Crippen molar-refractivity contribution in [3.63, 3.8) is 0 Å². The lowest BCUT2D eigenvalue weighted by atomic mass is 9.80. The lowest BCUT2D eigenvalue weighted by Gasteiger charge is -2.26. The van der Waals surface area contributed by atoms with E-state index in [1.165, 1.54) is 36.0 Å². The number of hydrogen-bond acceptors (Lipinski definition) is 1. The molecule has 1 fully saturated rings. The molecule has 1 heteroatoms. The fourth-order valence-corrected chi connectivity index (χ4v) is 2.89. The summed E-state index contributed by atoms with van der Waals surface area (Å²) in [6.45, 7) is 0. The quantitative estimate of drug-likeness (QED) is 0.841. The normalized spacial score (nSPS) is 16.6. The molecule has 3 rings (SSSR count). The van der Waals surface area contributed by atoms with Crippen molar-refractivity contribution < 1.29 is 0 Å². The molecular formula is C19H23N. The van der Waals surface area contributed by atoms with E-state index in [0.29, 0.717) is 0 Å². The lowest BCUT2D eigenvalue weighted by Crippen LogP contribution is -2.12. The predicted molar refractivity (Wildman–Crippen MR) is 84.7 cm³/mol. The maximum Gasteiger partial charge on any atom is 0.0298 e. The summed E-state index contributed by atoms with van der Waals surface area (Å²) in [6.07, 6.45) is 6.17. The van der Waals surface area contributed by atoms with Crippen molar-refractivity contribution in [1.29, 1.82) is 0 Å². The zero-order chi connectivity index (χ0) is 13.8. The average molecular weight is 265 g/mol. The van der Waals surface area contributed by atoms with E-state index in [1.54, 1.807) is 0 Å². The molecule has 0 spiro atoms. The Morgan fingerprint density at radius 1 is 0.950 bits per heavy atom. The fourth-order valence-electron chi connectivity index (χ4n) is 2.89. The molecule has 1 nitrogen and oxygen atoms in total. The highest BCUT2D eigenvalue weighted by Gasteiger charge is 2.19. The summed E-state index contributed by atoms with van der Waals surface area (Å²) in [4.78, 5) is 0. The highest BCUT2D eigenvalue weighted by molar-refractivity contribution is 5.28. The van der Waals surface area contributed by atoms with Crippen LogP contribution in [0, 0.1) is 0 Å². The smallest absolute Gasteiger partial charge is 0.0298 e. The van der Waals surface area contributed by atoms with Crippen molar-refractivity contribution >= 4 is 0 Å². The van der Waals surface area contributed by atoms with Crippen molar-refractivity contribution in [1.82, 2.24) is 0 Å². The van der Waals surface area contributed by atoms with Gasteiger partial charge in [0.15, 0.2) is 0 Å². The third kappa shape index (κ3) is 3.10. The summed E-state index contributed by atoms with van der Waals surface area (Å²) in [6, 6.07) is 19.7. The first-order chi connectivity index (χ1) is 9.83. The van der Waals surface area contributed by atoms with Gasteiger partial charge in [0.25, 0.3) is 0 Å². The van der Waals surface area contributed by atoms with E-state index < -0.39 is 0 Å². The van der Waals surface area contributed by atoms with Crippen molar-refractivity contribution in [2.45, 2.75) is 44.1 Å². The van der Waals surface area contributed by atoms with Crippen LogP contribution in [-0.2, 0) is 6.42 Å². The average Bonchev–Trinajstić information content (AvgIpc) is 2.45. The molecule has 1 aliphatic rings. The minimum atomic E-state index is 0.144. The summed E-state index contributed by atoms with van der Waals surface area (Å²) in [7, 11) is 0. The summed E-state index contributed by atoms with van der Waals surface area (Å²) < 4.78 is 0. The lowest BCUT2D eigenvalue weighted by molar-refractivity contribution is 0.419. The molecule has 2 N–H and O–H groups in total. The largest absolute Gasteiger partial charge is 0.324 e. The zero-order valence-corrected chi connectivity index (χ0v) is 12.0. The Balaban J connectivity index is 1.57. The minimum absolute atomic E-state index is 0.144. The molecule has 2 aromatic rings. The Kier molecular flexibility index (Phi) is 4.17. The molecule has 0 radical (unpaired) electrons. The number of rotatable bonds is 5. The zero-order valence-electron chi connectivity index (χ0n) is 12.0. The number of benzene rings is 2. The highest BCUT2D eigenvalue weighted by atomic mass is 14.6. The maximum absolute atomic E-state index is 6.32. The highest BCUT2D eigenvalue weighted by Crippen LogP contribution is 2.36. The second-order valence-corrected chi connectivity index (χ2v) is 5.93. The molecule has 0 amide bonds. The van der Waals surface area contributed by atoms with E-state index in [1.807, 2.05) is 0 Å². The molecule has 0 bridgehead atoms. The molecule has 1 atom stereocenters. The van der Waals surface area contributed by atoms with Crippen molar-refractivity contribution in [2.24, 2.45) is 5.73 Å². The summed E-state index contributed by atoms with van der Waals surface area (Å²) in [5.74, 6) is 0.810. The molecule has 0 heterocycles. The second kappa shape index (κ2) is 6.23. The first-order valence-corrected chi connectivity index (χ1v) is 7.72. The van der Waals surface area contributed by atoms with Crippen LogP contribution in [0.3, 0.4) is 0 Å². The minimum Gasteiger partial charge on any atom is -0.324 e. The third-order valence-corrected chi connectivity index (χ3v) is 4.53. The van der Waals surface area contributed by atoms with Crippen LogP contribution in [-0.4, -0.2) is 0 Å². The number of nitrogens with two attached hydrogens (primary N) is 1. The van der Waals surface area contributed by atoms with Gasteiger partial charge in [0.1, 0.15) is 0 Å².